The first-order valence-corrected chi connectivity index (χ1v) is 8.83. The molecule has 0 aliphatic heterocycles. The summed E-state index contributed by atoms with van der Waals surface area (Å²) in [6.07, 6.45) is 6.99. The number of benzene rings is 1. The van der Waals surface area contributed by atoms with Crippen molar-refractivity contribution in [3.05, 3.63) is 72.3 Å². The molecule has 0 fully saturated rings. The van der Waals surface area contributed by atoms with E-state index in [9.17, 15) is 0 Å². The number of aryl methyl sites for hydroxylation is 1. The minimum atomic E-state index is 0.510. The van der Waals surface area contributed by atoms with Crippen LogP contribution in [0.2, 0.25) is 0 Å². The predicted molar refractivity (Wildman–Crippen MR) is 106 cm³/mol. The predicted octanol–water partition coefficient (Wildman–Crippen LogP) is 3.26. The molecule has 5 rings (SSSR count). The Bertz CT molecular complexity index is 1290. The van der Waals surface area contributed by atoms with Gasteiger partial charge in [0.15, 0.2) is 11.5 Å². The van der Waals surface area contributed by atoms with Gasteiger partial charge in [0.1, 0.15) is 0 Å². The van der Waals surface area contributed by atoms with Crippen LogP contribution in [0, 0.1) is 6.92 Å². The van der Waals surface area contributed by atoms with E-state index in [1.807, 2.05) is 37.3 Å². The van der Waals surface area contributed by atoms with Crippen LogP contribution in [0.3, 0.4) is 0 Å². The second kappa shape index (κ2) is 6.66. The lowest BCUT2D eigenvalue weighted by Crippen LogP contribution is -2.04. The molecule has 0 aliphatic carbocycles. The molecule has 0 bridgehead atoms. The number of aromatic nitrogens is 7. The monoisotopic (exact) mass is 368 g/mol. The van der Waals surface area contributed by atoms with E-state index in [0.717, 1.165) is 27.7 Å². The Hall–Kier alpha value is -3.94. The van der Waals surface area contributed by atoms with Crippen molar-refractivity contribution in [1.82, 2.24) is 34.9 Å². The third-order valence-corrected chi connectivity index (χ3v) is 4.37. The van der Waals surface area contributed by atoms with E-state index >= 15 is 0 Å². The van der Waals surface area contributed by atoms with Gasteiger partial charge in [-0.05, 0) is 42.3 Å². The van der Waals surface area contributed by atoms with Crippen molar-refractivity contribution in [2.45, 2.75) is 13.5 Å². The summed E-state index contributed by atoms with van der Waals surface area (Å²) >= 11 is 0. The largest absolute Gasteiger partial charge is 0.338 e. The second-order valence-corrected chi connectivity index (χ2v) is 6.56. The lowest BCUT2D eigenvalue weighted by atomic mass is 10.1. The van der Waals surface area contributed by atoms with Crippen molar-refractivity contribution in [2.24, 2.45) is 0 Å². The highest BCUT2D eigenvalue weighted by Crippen LogP contribution is 2.18. The van der Waals surface area contributed by atoms with Gasteiger partial charge in [-0.15, -0.1) is 5.10 Å². The molecule has 8 heteroatoms. The van der Waals surface area contributed by atoms with Gasteiger partial charge in [-0.2, -0.15) is 0 Å². The van der Waals surface area contributed by atoms with Crippen LogP contribution in [-0.2, 0) is 6.54 Å². The molecule has 1 aromatic carbocycles. The van der Waals surface area contributed by atoms with Crippen molar-refractivity contribution in [2.75, 3.05) is 5.32 Å². The van der Waals surface area contributed by atoms with Gasteiger partial charge in [-0.1, -0.05) is 17.3 Å². The van der Waals surface area contributed by atoms with Crippen molar-refractivity contribution in [3.63, 3.8) is 0 Å². The molecule has 5 aromatic rings. The standard InChI is InChI=1S/C20H16N8/c1-13-7-16(10-21-9-13)24-18-11-23-19-20(25-18)28(27-26-19)12-14-4-5-17-15(8-14)3-2-6-22-17/h2-11H,12H2,1H3,(H,24,25). The highest BCUT2D eigenvalue weighted by Gasteiger charge is 2.10. The van der Waals surface area contributed by atoms with Gasteiger partial charge in [0, 0.05) is 17.8 Å². The maximum atomic E-state index is 4.64. The Balaban J connectivity index is 1.47. The van der Waals surface area contributed by atoms with Gasteiger partial charge in [0.2, 0.25) is 5.65 Å². The molecule has 0 unspecified atom stereocenters. The molecule has 136 valence electrons. The zero-order chi connectivity index (χ0) is 18.9. The summed E-state index contributed by atoms with van der Waals surface area (Å²) in [7, 11) is 0. The molecule has 0 saturated carbocycles. The normalized spacial score (nSPS) is 11.2. The molecule has 8 nitrogen and oxygen atoms in total. The van der Waals surface area contributed by atoms with Gasteiger partial charge >= 0.3 is 0 Å². The van der Waals surface area contributed by atoms with Crippen LogP contribution in [0.5, 0.6) is 0 Å². The van der Waals surface area contributed by atoms with Crippen LogP contribution in [-0.4, -0.2) is 34.9 Å². The minimum Gasteiger partial charge on any atom is -0.338 e. The van der Waals surface area contributed by atoms with Gasteiger partial charge in [-0.25, -0.2) is 14.6 Å². The number of nitrogens with one attached hydrogen (secondary N) is 1. The third-order valence-electron chi connectivity index (χ3n) is 4.37. The molecule has 4 aromatic heterocycles. The van der Waals surface area contributed by atoms with E-state index in [0.29, 0.717) is 23.7 Å². The Morgan fingerprint density at radius 2 is 2.00 bits per heavy atom. The van der Waals surface area contributed by atoms with Crippen LogP contribution >= 0.6 is 0 Å². The Morgan fingerprint density at radius 1 is 1.04 bits per heavy atom. The maximum Gasteiger partial charge on any atom is 0.221 e. The van der Waals surface area contributed by atoms with E-state index in [1.54, 1.807) is 29.5 Å². The average Bonchev–Trinajstić information content (AvgIpc) is 3.10. The van der Waals surface area contributed by atoms with Crippen LogP contribution in [0.15, 0.2) is 61.2 Å². The molecule has 0 saturated heterocycles. The summed E-state index contributed by atoms with van der Waals surface area (Å²) in [5, 5.41) is 12.7. The third kappa shape index (κ3) is 3.11. The molecular weight excluding hydrogens is 352 g/mol. The number of anilines is 2. The molecule has 28 heavy (non-hydrogen) atoms. The number of rotatable bonds is 4. The lowest BCUT2D eigenvalue weighted by molar-refractivity contribution is 0.664. The minimum absolute atomic E-state index is 0.510. The Labute approximate surface area is 160 Å². The highest BCUT2D eigenvalue weighted by atomic mass is 15.5. The SMILES string of the molecule is Cc1cncc(Nc2cnc3nnn(Cc4ccc5ncccc5c4)c3n2)c1. The van der Waals surface area contributed by atoms with Crippen molar-refractivity contribution in [1.29, 1.82) is 0 Å². The fraction of sp³-hybridized carbons (Fsp3) is 0.100. The van der Waals surface area contributed by atoms with Gasteiger partial charge < -0.3 is 5.32 Å². The maximum absolute atomic E-state index is 4.64. The number of hydrogen-bond donors (Lipinski definition) is 1. The number of nitrogens with zero attached hydrogens (tertiary/aromatic N) is 7. The Morgan fingerprint density at radius 3 is 2.93 bits per heavy atom. The van der Waals surface area contributed by atoms with Gasteiger partial charge in [-0.3, -0.25) is 9.97 Å². The number of fused-ring (bicyclic) bond motifs is 2. The first-order valence-electron chi connectivity index (χ1n) is 8.83. The summed E-state index contributed by atoms with van der Waals surface area (Å²) in [6.45, 7) is 2.54. The van der Waals surface area contributed by atoms with Crippen molar-refractivity contribution >= 4 is 33.7 Å². The van der Waals surface area contributed by atoms with E-state index < -0.39 is 0 Å². The molecule has 0 spiro atoms. The molecule has 0 atom stereocenters. The quantitative estimate of drug-likeness (QED) is 0.520. The van der Waals surface area contributed by atoms with Crippen molar-refractivity contribution < 1.29 is 0 Å². The summed E-state index contributed by atoms with van der Waals surface area (Å²) in [5.41, 5.74) is 5.11. The van der Waals surface area contributed by atoms with E-state index in [2.05, 4.69) is 41.6 Å². The molecule has 0 amide bonds. The van der Waals surface area contributed by atoms with Gasteiger partial charge in [0.05, 0.1) is 30.1 Å². The van der Waals surface area contributed by atoms with Crippen LogP contribution in [0.25, 0.3) is 22.2 Å². The lowest BCUT2D eigenvalue weighted by Gasteiger charge is -2.07. The summed E-state index contributed by atoms with van der Waals surface area (Å²) < 4.78 is 1.75. The molecule has 0 radical (unpaired) electrons. The second-order valence-electron chi connectivity index (χ2n) is 6.56. The highest BCUT2D eigenvalue weighted by molar-refractivity contribution is 5.79. The first kappa shape index (κ1) is 16.2. The first-order chi connectivity index (χ1) is 13.7. The van der Waals surface area contributed by atoms with E-state index in [1.165, 1.54) is 0 Å². The van der Waals surface area contributed by atoms with Crippen LogP contribution in [0.1, 0.15) is 11.1 Å². The zero-order valence-corrected chi connectivity index (χ0v) is 15.1. The topological polar surface area (TPSA) is 94.3 Å². The Kier molecular flexibility index (Phi) is 3.86. The summed E-state index contributed by atoms with van der Waals surface area (Å²) in [5.74, 6) is 0.617. The number of pyridine rings is 2. The molecule has 1 N–H and O–H groups in total. The summed E-state index contributed by atoms with van der Waals surface area (Å²) in [4.78, 5) is 17.5. The van der Waals surface area contributed by atoms with Gasteiger partial charge in [0.25, 0.3) is 0 Å². The van der Waals surface area contributed by atoms with Crippen LogP contribution in [0.4, 0.5) is 11.5 Å². The molecule has 0 aliphatic rings. The van der Waals surface area contributed by atoms with Crippen molar-refractivity contribution in [3.8, 4) is 0 Å². The molecule has 4 heterocycles. The zero-order valence-electron chi connectivity index (χ0n) is 15.1. The summed E-state index contributed by atoms with van der Waals surface area (Å²) in [6, 6.07) is 12.1. The molecular formula is C20H16N8. The fourth-order valence-electron chi connectivity index (χ4n) is 3.09. The average molecular weight is 368 g/mol. The van der Waals surface area contributed by atoms with E-state index in [4.69, 9.17) is 0 Å². The smallest absolute Gasteiger partial charge is 0.221 e. The fourth-order valence-corrected chi connectivity index (χ4v) is 3.09. The van der Waals surface area contributed by atoms with E-state index in [-0.39, 0.29) is 0 Å². The number of hydrogen-bond acceptors (Lipinski definition) is 7. The van der Waals surface area contributed by atoms with Crippen LogP contribution < -0.4 is 5.32 Å².